The number of rotatable bonds is 13. The highest BCUT2D eigenvalue weighted by Gasteiger charge is 2.17. The van der Waals surface area contributed by atoms with E-state index in [0.29, 0.717) is 25.9 Å². The summed E-state index contributed by atoms with van der Waals surface area (Å²) < 4.78 is 0. The van der Waals surface area contributed by atoms with Crippen molar-refractivity contribution < 1.29 is 9.59 Å². The highest BCUT2D eigenvalue weighted by molar-refractivity contribution is 5.87. The normalized spacial score (nSPS) is 13.1. The van der Waals surface area contributed by atoms with E-state index in [1.165, 1.54) is 0 Å². The second-order valence-electron chi connectivity index (χ2n) is 9.34. The van der Waals surface area contributed by atoms with Crippen molar-refractivity contribution in [3.8, 4) is 0 Å². The van der Waals surface area contributed by atoms with Crippen LogP contribution in [0.2, 0.25) is 0 Å². The summed E-state index contributed by atoms with van der Waals surface area (Å²) in [5.41, 5.74) is 16.5. The van der Waals surface area contributed by atoms with Crippen LogP contribution in [-0.4, -0.2) is 47.0 Å². The zero-order valence-corrected chi connectivity index (χ0v) is 20.6. The Kier molecular flexibility index (Phi) is 8.76. The number of unbranched alkanes of at least 4 members (excludes halogenated alkanes) is 3. The van der Waals surface area contributed by atoms with Gasteiger partial charge in [0.25, 0.3) is 0 Å². The van der Waals surface area contributed by atoms with E-state index in [-0.39, 0.29) is 11.8 Å². The summed E-state index contributed by atoms with van der Waals surface area (Å²) >= 11 is 0. The van der Waals surface area contributed by atoms with Crippen molar-refractivity contribution >= 4 is 33.6 Å². The number of carbonyl (C=O) groups is 2. The van der Waals surface area contributed by atoms with Gasteiger partial charge in [0.15, 0.2) is 0 Å². The summed E-state index contributed by atoms with van der Waals surface area (Å²) in [6.45, 7) is 1.20. The third kappa shape index (κ3) is 6.53. The van der Waals surface area contributed by atoms with E-state index >= 15 is 0 Å². The highest BCUT2D eigenvalue weighted by Crippen LogP contribution is 2.19. The van der Waals surface area contributed by atoms with Gasteiger partial charge in [-0.1, -0.05) is 49.2 Å². The van der Waals surface area contributed by atoms with E-state index in [2.05, 4.69) is 20.6 Å². The Labute approximate surface area is 211 Å². The Morgan fingerprint density at radius 2 is 1.08 bits per heavy atom. The molecule has 2 heterocycles. The highest BCUT2D eigenvalue weighted by atomic mass is 16.2. The van der Waals surface area contributed by atoms with Crippen molar-refractivity contribution in [2.75, 3.05) is 13.1 Å². The van der Waals surface area contributed by atoms with Gasteiger partial charge in [-0.25, -0.2) is 0 Å². The van der Waals surface area contributed by atoms with E-state index < -0.39 is 12.1 Å². The van der Waals surface area contributed by atoms with Crippen LogP contribution in [0.4, 0.5) is 0 Å². The zero-order chi connectivity index (χ0) is 25.3. The Morgan fingerprint density at radius 1 is 0.667 bits per heavy atom. The van der Waals surface area contributed by atoms with Crippen LogP contribution in [0.1, 0.15) is 36.8 Å². The van der Waals surface area contributed by atoms with E-state index in [4.69, 9.17) is 11.5 Å². The molecule has 2 atom stereocenters. The van der Waals surface area contributed by atoms with Crippen LogP contribution in [0, 0.1) is 0 Å². The predicted octanol–water partition coefficient (Wildman–Crippen LogP) is 2.88. The van der Waals surface area contributed by atoms with E-state index in [1.54, 1.807) is 0 Å². The largest absolute Gasteiger partial charge is 0.361 e. The van der Waals surface area contributed by atoms with Gasteiger partial charge in [0.2, 0.25) is 11.8 Å². The van der Waals surface area contributed by atoms with E-state index in [0.717, 1.165) is 58.6 Å². The first-order chi connectivity index (χ1) is 17.5. The van der Waals surface area contributed by atoms with Crippen LogP contribution in [0.3, 0.4) is 0 Å². The molecule has 0 saturated carbocycles. The number of benzene rings is 2. The van der Waals surface area contributed by atoms with E-state index in [1.807, 2.05) is 60.9 Å². The maximum absolute atomic E-state index is 12.4. The second kappa shape index (κ2) is 12.4. The number of para-hydroxylation sites is 2. The lowest BCUT2D eigenvalue weighted by molar-refractivity contribution is -0.123. The molecule has 8 N–H and O–H groups in total. The standard InChI is InChI=1S/C28H36N6O2/c29-23(15-19-17-33-25-11-5-3-9-21(19)25)27(35)31-13-7-1-2-8-14-32-28(36)24(30)16-20-18-34-26-12-6-4-10-22(20)26/h3-6,9-12,17-18,23-24,33-34H,1-2,7-8,13-16,29-30H2,(H,31,35)(H,32,36). The Morgan fingerprint density at radius 3 is 1.53 bits per heavy atom. The van der Waals surface area contributed by atoms with Gasteiger partial charge < -0.3 is 32.1 Å². The van der Waals surface area contributed by atoms with Gasteiger partial charge in [0.1, 0.15) is 0 Å². The minimum Gasteiger partial charge on any atom is -0.361 e. The molecule has 2 aromatic heterocycles. The van der Waals surface area contributed by atoms with Gasteiger partial charge >= 0.3 is 0 Å². The summed E-state index contributed by atoms with van der Waals surface area (Å²) in [5.74, 6) is -0.256. The number of aromatic nitrogens is 2. The minimum absolute atomic E-state index is 0.128. The van der Waals surface area contributed by atoms with Crippen molar-refractivity contribution in [2.45, 2.75) is 50.6 Å². The molecule has 0 spiro atoms. The maximum Gasteiger partial charge on any atom is 0.237 e. The Hall–Kier alpha value is -3.62. The zero-order valence-electron chi connectivity index (χ0n) is 20.6. The number of hydrogen-bond acceptors (Lipinski definition) is 4. The van der Waals surface area contributed by atoms with Gasteiger partial charge in [-0.3, -0.25) is 9.59 Å². The fraction of sp³-hybridized carbons (Fsp3) is 0.357. The molecule has 0 aliphatic rings. The molecule has 8 heteroatoms. The summed E-state index contributed by atoms with van der Waals surface area (Å²) in [4.78, 5) is 31.1. The fourth-order valence-corrected chi connectivity index (χ4v) is 4.55. The number of fused-ring (bicyclic) bond motifs is 2. The quantitative estimate of drug-likeness (QED) is 0.161. The average molecular weight is 489 g/mol. The van der Waals surface area contributed by atoms with Crippen LogP contribution in [0.5, 0.6) is 0 Å². The Balaban J connectivity index is 1.06. The van der Waals surface area contributed by atoms with Crippen molar-refractivity contribution in [3.63, 3.8) is 0 Å². The summed E-state index contributed by atoms with van der Waals surface area (Å²) in [7, 11) is 0. The molecule has 36 heavy (non-hydrogen) atoms. The first kappa shape index (κ1) is 25.5. The van der Waals surface area contributed by atoms with Gasteiger partial charge in [0.05, 0.1) is 12.1 Å². The number of H-pyrrole nitrogens is 2. The molecule has 0 fully saturated rings. The second-order valence-corrected chi connectivity index (χ2v) is 9.34. The van der Waals surface area contributed by atoms with Crippen LogP contribution >= 0.6 is 0 Å². The number of aromatic amines is 2. The molecule has 0 saturated heterocycles. The summed E-state index contributed by atoms with van der Waals surface area (Å²) in [6.07, 6.45) is 8.52. The SMILES string of the molecule is NC(Cc1c[nH]c2ccccc12)C(=O)NCCCCCCNC(=O)C(N)Cc1c[nH]c2ccccc12. The fourth-order valence-electron chi connectivity index (χ4n) is 4.55. The number of nitrogens with one attached hydrogen (secondary N) is 4. The average Bonchev–Trinajstić information content (AvgIpc) is 3.49. The molecule has 2 amide bonds. The lowest BCUT2D eigenvalue weighted by Crippen LogP contribution is -2.42. The molecular weight excluding hydrogens is 452 g/mol. The third-order valence-corrected chi connectivity index (χ3v) is 6.61. The van der Waals surface area contributed by atoms with Gasteiger partial charge in [-0.15, -0.1) is 0 Å². The van der Waals surface area contributed by atoms with Crippen molar-refractivity contribution in [1.29, 1.82) is 0 Å². The monoisotopic (exact) mass is 488 g/mol. The molecule has 2 unspecified atom stereocenters. The molecular formula is C28H36N6O2. The number of carbonyl (C=O) groups excluding carboxylic acids is 2. The molecule has 0 bridgehead atoms. The molecule has 2 aromatic carbocycles. The first-order valence-corrected chi connectivity index (χ1v) is 12.7. The lowest BCUT2D eigenvalue weighted by atomic mass is 10.0. The van der Waals surface area contributed by atoms with Gasteiger partial charge in [0, 0.05) is 47.3 Å². The van der Waals surface area contributed by atoms with E-state index in [9.17, 15) is 9.59 Å². The van der Waals surface area contributed by atoms with Gasteiger partial charge in [-0.05, 0) is 48.9 Å². The van der Waals surface area contributed by atoms with Gasteiger partial charge in [-0.2, -0.15) is 0 Å². The van der Waals surface area contributed by atoms with Crippen LogP contribution in [0.25, 0.3) is 21.8 Å². The molecule has 0 aliphatic carbocycles. The maximum atomic E-state index is 12.4. The topological polar surface area (TPSA) is 142 Å². The lowest BCUT2D eigenvalue weighted by Gasteiger charge is -2.13. The number of amides is 2. The number of nitrogens with two attached hydrogens (primary N) is 2. The molecule has 4 aromatic rings. The number of hydrogen-bond donors (Lipinski definition) is 6. The minimum atomic E-state index is -0.576. The molecule has 8 nitrogen and oxygen atoms in total. The van der Waals surface area contributed by atoms with Crippen LogP contribution in [0.15, 0.2) is 60.9 Å². The molecule has 0 radical (unpaired) electrons. The van der Waals surface area contributed by atoms with Crippen LogP contribution in [-0.2, 0) is 22.4 Å². The first-order valence-electron chi connectivity index (χ1n) is 12.7. The molecule has 4 rings (SSSR count). The molecule has 190 valence electrons. The summed E-state index contributed by atoms with van der Waals surface area (Å²) in [5, 5.41) is 8.08. The molecule has 0 aliphatic heterocycles. The predicted molar refractivity (Wildman–Crippen MR) is 144 cm³/mol. The summed E-state index contributed by atoms with van der Waals surface area (Å²) in [6, 6.07) is 14.9. The van der Waals surface area contributed by atoms with Crippen molar-refractivity contribution in [2.24, 2.45) is 11.5 Å². The smallest absolute Gasteiger partial charge is 0.237 e. The van der Waals surface area contributed by atoms with Crippen molar-refractivity contribution in [1.82, 2.24) is 20.6 Å². The Bertz CT molecular complexity index is 1190. The third-order valence-electron chi connectivity index (χ3n) is 6.61. The van der Waals surface area contributed by atoms with Crippen LogP contribution < -0.4 is 22.1 Å². The van der Waals surface area contributed by atoms with Crippen molar-refractivity contribution in [3.05, 3.63) is 72.1 Å².